The molecule has 1 heterocycles. The summed E-state index contributed by atoms with van der Waals surface area (Å²) in [5.74, 6) is -6.78. The summed E-state index contributed by atoms with van der Waals surface area (Å²) < 4.78 is 77.5. The minimum atomic E-state index is -3.89. The van der Waals surface area contributed by atoms with Gasteiger partial charge in [-0.2, -0.15) is 4.31 Å². The molecule has 178 valence electrons. The van der Waals surface area contributed by atoms with Gasteiger partial charge in [-0.25, -0.2) is 26.4 Å². The number of carbonyl (C=O) groups excluding carboxylic acids is 2. The molecule has 0 spiro atoms. The molecule has 3 rings (SSSR count). The number of benzene rings is 2. The molecule has 1 atom stereocenters. The third kappa shape index (κ3) is 5.34. The Morgan fingerprint density at radius 1 is 1.09 bits per heavy atom. The summed E-state index contributed by atoms with van der Waals surface area (Å²) in [6.07, 6.45) is -1.45. The van der Waals surface area contributed by atoms with E-state index >= 15 is 0 Å². The van der Waals surface area contributed by atoms with Crippen LogP contribution >= 0.6 is 0 Å². The van der Waals surface area contributed by atoms with Crippen molar-refractivity contribution in [3.05, 3.63) is 58.9 Å². The van der Waals surface area contributed by atoms with Gasteiger partial charge in [0.1, 0.15) is 0 Å². The molecule has 0 aromatic heterocycles. The Bertz CT molecular complexity index is 1180. The SMILES string of the molecule is Cc1ccc(C(=O)OC(C)C(=O)Nc2ccc(F)c(F)c2F)cc1S(=O)(=O)N1CCOCC1. The van der Waals surface area contributed by atoms with Crippen molar-refractivity contribution in [1.29, 1.82) is 0 Å². The Kier molecular flexibility index (Phi) is 7.40. The van der Waals surface area contributed by atoms with E-state index < -0.39 is 51.1 Å². The number of nitrogens with zero attached hydrogens (tertiary/aromatic N) is 1. The number of sulfonamides is 1. The highest BCUT2D eigenvalue weighted by molar-refractivity contribution is 7.89. The Balaban J connectivity index is 1.74. The number of morpholine rings is 1. The summed E-state index contributed by atoms with van der Waals surface area (Å²) in [4.78, 5) is 24.7. The van der Waals surface area contributed by atoms with Crippen LogP contribution in [0.2, 0.25) is 0 Å². The van der Waals surface area contributed by atoms with E-state index in [9.17, 15) is 31.2 Å². The fourth-order valence-electron chi connectivity index (χ4n) is 3.07. The van der Waals surface area contributed by atoms with Crippen LogP contribution in [0.15, 0.2) is 35.2 Å². The molecule has 1 aliphatic rings. The van der Waals surface area contributed by atoms with E-state index in [1.807, 2.05) is 5.32 Å². The number of nitrogens with one attached hydrogen (secondary N) is 1. The van der Waals surface area contributed by atoms with Crippen molar-refractivity contribution in [2.24, 2.45) is 0 Å². The van der Waals surface area contributed by atoms with Crippen LogP contribution in [0.5, 0.6) is 0 Å². The topological polar surface area (TPSA) is 102 Å². The van der Waals surface area contributed by atoms with Gasteiger partial charge >= 0.3 is 5.97 Å². The van der Waals surface area contributed by atoms with Crippen molar-refractivity contribution in [3.8, 4) is 0 Å². The lowest BCUT2D eigenvalue weighted by atomic mass is 10.1. The number of halogens is 3. The molecule has 1 N–H and O–H groups in total. The molecule has 2 aromatic rings. The van der Waals surface area contributed by atoms with E-state index in [-0.39, 0.29) is 36.8 Å². The highest BCUT2D eigenvalue weighted by Gasteiger charge is 2.29. The Hall–Kier alpha value is -2.96. The maximum absolute atomic E-state index is 13.8. The number of anilines is 1. The van der Waals surface area contributed by atoms with Crippen LogP contribution in [0, 0.1) is 24.4 Å². The molecule has 0 saturated carbocycles. The fourth-order valence-corrected chi connectivity index (χ4v) is 4.73. The third-order valence-corrected chi connectivity index (χ3v) is 7.00. The van der Waals surface area contributed by atoms with Crippen molar-refractivity contribution in [2.75, 3.05) is 31.6 Å². The highest BCUT2D eigenvalue weighted by Crippen LogP contribution is 2.23. The molecule has 1 amide bonds. The highest BCUT2D eigenvalue weighted by atomic mass is 32.2. The van der Waals surface area contributed by atoms with Crippen molar-refractivity contribution in [2.45, 2.75) is 24.8 Å². The first-order valence-corrected chi connectivity index (χ1v) is 11.3. The third-order valence-electron chi connectivity index (χ3n) is 4.96. The molecule has 0 bridgehead atoms. The van der Waals surface area contributed by atoms with E-state index in [0.29, 0.717) is 11.6 Å². The molecule has 12 heteroatoms. The maximum atomic E-state index is 13.8. The van der Waals surface area contributed by atoms with Crippen molar-refractivity contribution < 1.29 is 40.7 Å². The Morgan fingerprint density at radius 2 is 1.76 bits per heavy atom. The van der Waals surface area contributed by atoms with Gasteiger partial charge in [0.25, 0.3) is 5.91 Å². The molecule has 1 saturated heterocycles. The zero-order valence-corrected chi connectivity index (χ0v) is 18.5. The second kappa shape index (κ2) is 9.89. The monoisotopic (exact) mass is 486 g/mol. The van der Waals surface area contributed by atoms with Gasteiger partial charge in [-0.05, 0) is 43.7 Å². The minimum Gasteiger partial charge on any atom is -0.449 e. The maximum Gasteiger partial charge on any atom is 0.338 e. The van der Waals surface area contributed by atoms with E-state index in [0.717, 1.165) is 12.1 Å². The van der Waals surface area contributed by atoms with Gasteiger partial charge in [0.05, 0.1) is 29.4 Å². The molecule has 8 nitrogen and oxygen atoms in total. The zero-order chi connectivity index (χ0) is 24.3. The second-order valence-corrected chi connectivity index (χ2v) is 9.16. The van der Waals surface area contributed by atoms with Crippen LogP contribution < -0.4 is 5.32 Å². The quantitative estimate of drug-likeness (QED) is 0.498. The van der Waals surface area contributed by atoms with Gasteiger partial charge in [-0.1, -0.05) is 6.07 Å². The second-order valence-electron chi connectivity index (χ2n) is 7.26. The van der Waals surface area contributed by atoms with Crippen LogP contribution in [0.3, 0.4) is 0 Å². The van der Waals surface area contributed by atoms with E-state index in [1.165, 1.54) is 23.4 Å². The fraction of sp³-hybridized carbons (Fsp3) is 0.333. The van der Waals surface area contributed by atoms with Crippen LogP contribution in [0.4, 0.5) is 18.9 Å². The Morgan fingerprint density at radius 3 is 2.42 bits per heavy atom. The van der Waals surface area contributed by atoms with Crippen LogP contribution in [-0.2, 0) is 24.3 Å². The van der Waals surface area contributed by atoms with Gasteiger partial charge in [0, 0.05) is 13.1 Å². The summed E-state index contributed by atoms with van der Waals surface area (Å²) in [5.41, 5.74) is -0.334. The summed E-state index contributed by atoms with van der Waals surface area (Å²) in [7, 11) is -3.89. The number of hydrogen-bond donors (Lipinski definition) is 1. The van der Waals surface area contributed by atoms with E-state index in [2.05, 4.69) is 0 Å². The molecule has 0 radical (unpaired) electrons. The first kappa shape index (κ1) is 24.7. The summed E-state index contributed by atoms with van der Waals surface area (Å²) in [6, 6.07) is 5.39. The van der Waals surface area contributed by atoms with E-state index in [1.54, 1.807) is 6.92 Å². The first-order chi connectivity index (χ1) is 15.5. The van der Waals surface area contributed by atoms with Crippen LogP contribution in [0.25, 0.3) is 0 Å². The zero-order valence-electron chi connectivity index (χ0n) is 17.7. The lowest BCUT2D eigenvalue weighted by molar-refractivity contribution is -0.123. The summed E-state index contributed by atoms with van der Waals surface area (Å²) in [6.45, 7) is 3.62. The smallest absolute Gasteiger partial charge is 0.338 e. The lowest BCUT2D eigenvalue weighted by Crippen LogP contribution is -2.40. The molecule has 33 heavy (non-hydrogen) atoms. The molecular formula is C21H21F3N2O6S. The van der Waals surface area contributed by atoms with Crippen LogP contribution in [-0.4, -0.2) is 57.0 Å². The molecular weight excluding hydrogens is 465 g/mol. The number of esters is 1. The van der Waals surface area contributed by atoms with Gasteiger partial charge in [-0.15, -0.1) is 0 Å². The number of hydrogen-bond acceptors (Lipinski definition) is 6. The molecule has 0 aliphatic carbocycles. The predicted molar refractivity (Wildman–Crippen MR) is 111 cm³/mol. The number of ether oxygens (including phenoxy) is 2. The first-order valence-electron chi connectivity index (χ1n) is 9.86. The Labute approximate surface area is 188 Å². The van der Waals surface area contributed by atoms with Gasteiger partial charge < -0.3 is 14.8 Å². The predicted octanol–water partition coefficient (Wildman–Crippen LogP) is 2.62. The van der Waals surface area contributed by atoms with Gasteiger partial charge in [0.2, 0.25) is 10.0 Å². The number of rotatable bonds is 6. The van der Waals surface area contributed by atoms with Crippen molar-refractivity contribution in [1.82, 2.24) is 4.31 Å². The summed E-state index contributed by atoms with van der Waals surface area (Å²) in [5, 5.41) is 2.01. The van der Waals surface area contributed by atoms with Crippen molar-refractivity contribution >= 4 is 27.6 Å². The van der Waals surface area contributed by atoms with Crippen molar-refractivity contribution in [3.63, 3.8) is 0 Å². The van der Waals surface area contributed by atoms with Gasteiger partial charge in [0.15, 0.2) is 23.6 Å². The standard InChI is InChI=1S/C21H21F3N2O6S/c1-12-3-4-14(11-17(12)33(29,30)26-7-9-31-10-8-26)21(28)32-13(2)20(27)25-16-6-5-15(22)18(23)19(16)24/h3-6,11,13H,7-10H2,1-2H3,(H,25,27). The molecule has 1 unspecified atom stereocenters. The van der Waals surface area contributed by atoms with Gasteiger partial charge in [-0.3, -0.25) is 4.79 Å². The number of carbonyl (C=O) groups is 2. The average molecular weight is 486 g/mol. The van der Waals surface area contributed by atoms with Crippen LogP contribution in [0.1, 0.15) is 22.8 Å². The minimum absolute atomic E-state index is 0.0835. The number of amides is 1. The number of aryl methyl sites for hydroxylation is 1. The molecule has 1 fully saturated rings. The lowest BCUT2D eigenvalue weighted by Gasteiger charge is -2.26. The average Bonchev–Trinajstić information content (AvgIpc) is 2.80. The molecule has 1 aliphatic heterocycles. The normalized spacial score (nSPS) is 15.7. The molecule has 2 aromatic carbocycles. The summed E-state index contributed by atoms with van der Waals surface area (Å²) >= 11 is 0. The van der Waals surface area contributed by atoms with E-state index in [4.69, 9.17) is 9.47 Å². The largest absolute Gasteiger partial charge is 0.449 e.